The summed E-state index contributed by atoms with van der Waals surface area (Å²) in [6.45, 7) is 5.09. The molecule has 1 heterocycles. The number of carbonyl (C=O) groups is 1. The van der Waals surface area contributed by atoms with E-state index in [1.807, 2.05) is 24.4 Å². The minimum absolute atomic E-state index is 0.101. The number of benzene rings is 1. The van der Waals surface area contributed by atoms with Crippen LogP contribution in [0, 0.1) is 6.92 Å². The van der Waals surface area contributed by atoms with Crippen molar-refractivity contribution >= 4 is 34.9 Å². The lowest BCUT2D eigenvalue weighted by Crippen LogP contribution is -2.29. The van der Waals surface area contributed by atoms with Crippen molar-refractivity contribution in [2.24, 2.45) is 0 Å². The van der Waals surface area contributed by atoms with Crippen molar-refractivity contribution in [2.75, 3.05) is 18.4 Å². The lowest BCUT2D eigenvalue weighted by atomic mass is 10.1. The highest BCUT2D eigenvalue weighted by Crippen LogP contribution is 2.14. The normalized spacial score (nSPS) is 10.0. The maximum atomic E-state index is 12.2. The lowest BCUT2D eigenvalue weighted by molar-refractivity contribution is 0.0954. The van der Waals surface area contributed by atoms with Gasteiger partial charge in [0.05, 0.1) is 0 Å². The van der Waals surface area contributed by atoms with E-state index in [2.05, 4.69) is 34.1 Å². The van der Waals surface area contributed by atoms with E-state index < -0.39 is 0 Å². The van der Waals surface area contributed by atoms with Crippen molar-refractivity contribution in [1.29, 1.82) is 0 Å². The second kappa shape index (κ2) is 10.0. The molecule has 0 bridgehead atoms. The molecule has 0 spiro atoms. The average Bonchev–Trinajstić information content (AvgIpc) is 2.70. The number of aryl methyl sites for hydroxylation is 2. The molecular formula is C19H22ClN3OS. The number of hydrogen-bond donors (Lipinski definition) is 2. The smallest absolute Gasteiger partial charge is 0.251 e. The monoisotopic (exact) mass is 375 g/mol. The third-order valence-electron chi connectivity index (χ3n) is 3.62. The highest BCUT2D eigenvalue weighted by molar-refractivity contribution is 7.03. The van der Waals surface area contributed by atoms with Crippen molar-refractivity contribution in [3.05, 3.63) is 69.6 Å². The Kier molecular flexibility index (Phi) is 7.70. The first-order valence-corrected chi connectivity index (χ1v) is 9.37. The summed E-state index contributed by atoms with van der Waals surface area (Å²) in [5, 5.41) is 8.72. The zero-order valence-electron chi connectivity index (χ0n) is 14.4. The minimum atomic E-state index is -0.101. The SMILES string of the molecule is CCc1cccc(NCCNC(=O)c2ccc(Cl)cc2C)nscc1. The Morgan fingerprint density at radius 3 is 2.80 bits per heavy atom. The molecule has 132 valence electrons. The van der Waals surface area contributed by atoms with Crippen molar-refractivity contribution in [3.8, 4) is 0 Å². The highest BCUT2D eigenvalue weighted by Gasteiger charge is 2.08. The summed E-state index contributed by atoms with van der Waals surface area (Å²) < 4.78 is 4.40. The van der Waals surface area contributed by atoms with Crippen LogP contribution in [0.3, 0.4) is 0 Å². The van der Waals surface area contributed by atoms with Gasteiger partial charge in [0.1, 0.15) is 5.82 Å². The van der Waals surface area contributed by atoms with Gasteiger partial charge in [-0.15, -0.1) is 0 Å². The number of carbonyl (C=O) groups excluding carboxylic acids is 1. The van der Waals surface area contributed by atoms with Gasteiger partial charge in [-0.25, -0.2) is 0 Å². The molecule has 2 aromatic rings. The Morgan fingerprint density at radius 2 is 2.04 bits per heavy atom. The van der Waals surface area contributed by atoms with Gasteiger partial charge in [-0.1, -0.05) is 30.7 Å². The first kappa shape index (κ1) is 19.2. The van der Waals surface area contributed by atoms with Gasteiger partial charge >= 0.3 is 0 Å². The van der Waals surface area contributed by atoms with Crippen LogP contribution < -0.4 is 10.6 Å². The number of anilines is 1. The maximum absolute atomic E-state index is 12.2. The number of halogens is 1. The van der Waals surface area contributed by atoms with E-state index in [0.29, 0.717) is 23.7 Å². The molecule has 6 heteroatoms. The predicted octanol–water partition coefficient (Wildman–Crippen LogP) is 4.63. The van der Waals surface area contributed by atoms with E-state index in [-0.39, 0.29) is 5.91 Å². The fraction of sp³-hybridized carbons (Fsp3) is 0.263. The Morgan fingerprint density at radius 1 is 1.20 bits per heavy atom. The van der Waals surface area contributed by atoms with Crippen LogP contribution in [0.15, 0.2) is 47.8 Å². The molecule has 0 aliphatic carbocycles. The van der Waals surface area contributed by atoms with Gasteiger partial charge < -0.3 is 10.6 Å². The van der Waals surface area contributed by atoms with Gasteiger partial charge in [-0.3, -0.25) is 4.79 Å². The number of aromatic nitrogens is 1. The zero-order chi connectivity index (χ0) is 18.1. The highest BCUT2D eigenvalue weighted by atomic mass is 35.5. The van der Waals surface area contributed by atoms with E-state index in [0.717, 1.165) is 17.8 Å². The molecule has 25 heavy (non-hydrogen) atoms. The number of hydrogen-bond acceptors (Lipinski definition) is 4. The van der Waals surface area contributed by atoms with Crippen LogP contribution in [0.4, 0.5) is 5.82 Å². The molecule has 0 saturated carbocycles. The first-order valence-electron chi connectivity index (χ1n) is 8.16. The second-order valence-electron chi connectivity index (χ2n) is 5.48. The van der Waals surface area contributed by atoms with Crippen molar-refractivity contribution in [3.63, 3.8) is 0 Å². The molecule has 1 aromatic heterocycles. The van der Waals surface area contributed by atoms with Gasteiger partial charge in [-0.05, 0) is 66.3 Å². The summed E-state index contributed by atoms with van der Waals surface area (Å²) in [5.74, 6) is 0.677. The van der Waals surface area contributed by atoms with Crippen LogP contribution in [0.1, 0.15) is 28.4 Å². The van der Waals surface area contributed by atoms with E-state index in [9.17, 15) is 4.79 Å². The van der Waals surface area contributed by atoms with Crippen LogP contribution in [0.5, 0.6) is 0 Å². The average molecular weight is 376 g/mol. The molecule has 0 fully saturated rings. The largest absolute Gasteiger partial charge is 0.367 e. The van der Waals surface area contributed by atoms with Crippen molar-refractivity contribution in [2.45, 2.75) is 20.3 Å². The molecule has 0 unspecified atom stereocenters. The standard InChI is InChI=1S/C19H22ClN3OS/c1-3-15-5-4-6-18(23-25-12-9-15)21-10-11-22-19(24)17-8-7-16(20)13-14(17)2/h4-9,12-13H,3,10-11H2,1-2H3,(H,21,23)(H,22,24). The Hall–Kier alpha value is -2.11. The molecule has 0 atom stereocenters. The number of rotatable bonds is 6. The third-order valence-corrected chi connectivity index (χ3v) is 4.41. The summed E-state index contributed by atoms with van der Waals surface area (Å²) >= 11 is 7.30. The summed E-state index contributed by atoms with van der Waals surface area (Å²) in [5.41, 5.74) is 2.76. The molecule has 1 aromatic carbocycles. The zero-order valence-corrected chi connectivity index (χ0v) is 16.0. The van der Waals surface area contributed by atoms with Gasteiger partial charge in [0.2, 0.25) is 0 Å². The minimum Gasteiger partial charge on any atom is -0.367 e. The third kappa shape index (κ3) is 6.36. The quantitative estimate of drug-likeness (QED) is 0.723. The summed E-state index contributed by atoms with van der Waals surface area (Å²) in [6, 6.07) is 13.3. The summed E-state index contributed by atoms with van der Waals surface area (Å²) in [4.78, 5) is 12.2. The fourth-order valence-corrected chi connectivity index (χ4v) is 2.99. The Labute approximate surface area is 157 Å². The van der Waals surface area contributed by atoms with Crippen molar-refractivity contribution < 1.29 is 4.79 Å². The molecule has 4 nitrogen and oxygen atoms in total. The molecule has 0 saturated heterocycles. The number of nitrogens with zero attached hydrogens (tertiary/aromatic N) is 1. The molecule has 0 radical (unpaired) electrons. The topological polar surface area (TPSA) is 54.0 Å². The molecule has 2 rings (SSSR count). The lowest BCUT2D eigenvalue weighted by Gasteiger charge is -2.08. The molecule has 0 aliphatic rings. The van der Waals surface area contributed by atoms with Gasteiger partial charge in [0, 0.05) is 29.1 Å². The maximum Gasteiger partial charge on any atom is 0.251 e. The van der Waals surface area contributed by atoms with E-state index in [1.54, 1.807) is 18.2 Å². The second-order valence-corrected chi connectivity index (χ2v) is 6.58. The van der Waals surface area contributed by atoms with Gasteiger partial charge in [-0.2, -0.15) is 4.37 Å². The predicted molar refractivity (Wildman–Crippen MR) is 106 cm³/mol. The van der Waals surface area contributed by atoms with E-state index in [4.69, 9.17) is 11.6 Å². The molecular weight excluding hydrogens is 354 g/mol. The van der Waals surface area contributed by atoms with Gasteiger partial charge in [0.15, 0.2) is 0 Å². The van der Waals surface area contributed by atoms with Crippen molar-refractivity contribution in [1.82, 2.24) is 9.69 Å². The summed E-state index contributed by atoms with van der Waals surface area (Å²) in [6.07, 6.45) is 0.986. The Bertz CT molecular complexity index is 775. The molecule has 2 N–H and O–H groups in total. The van der Waals surface area contributed by atoms with Crippen LogP contribution in [0.25, 0.3) is 0 Å². The first-order chi connectivity index (χ1) is 12.1. The van der Waals surface area contributed by atoms with E-state index in [1.165, 1.54) is 17.1 Å². The van der Waals surface area contributed by atoms with Crippen LogP contribution in [0.2, 0.25) is 5.02 Å². The van der Waals surface area contributed by atoms with E-state index >= 15 is 0 Å². The molecule has 0 aliphatic heterocycles. The van der Waals surface area contributed by atoms with Crippen LogP contribution >= 0.6 is 23.1 Å². The molecule has 1 amide bonds. The Balaban J connectivity index is 1.88. The fourth-order valence-electron chi connectivity index (χ4n) is 2.22. The number of amides is 1. The van der Waals surface area contributed by atoms with Crippen LogP contribution in [-0.4, -0.2) is 23.4 Å². The van der Waals surface area contributed by atoms with Gasteiger partial charge in [0.25, 0.3) is 5.91 Å². The number of nitrogens with one attached hydrogen (secondary N) is 2. The summed E-state index contributed by atoms with van der Waals surface area (Å²) in [7, 11) is 0. The van der Waals surface area contributed by atoms with Crippen LogP contribution in [-0.2, 0) is 6.42 Å².